The molecule has 39 heavy (non-hydrogen) atoms. The number of aromatic hydroxyl groups is 1. The minimum absolute atomic E-state index is 0.119. The van der Waals surface area contributed by atoms with E-state index in [1.54, 1.807) is 6.20 Å². The van der Waals surface area contributed by atoms with Crippen LogP contribution in [0, 0.1) is 31.4 Å². The maximum absolute atomic E-state index is 15.0. The Morgan fingerprint density at radius 2 is 1.82 bits per heavy atom. The molecule has 10 heteroatoms. The molecule has 0 saturated heterocycles. The second kappa shape index (κ2) is 9.94. The van der Waals surface area contributed by atoms with Gasteiger partial charge in [0.1, 0.15) is 23.1 Å². The summed E-state index contributed by atoms with van der Waals surface area (Å²) in [5, 5.41) is 18.9. The van der Waals surface area contributed by atoms with Crippen LogP contribution < -0.4 is 10.1 Å². The minimum Gasteiger partial charge on any atom is -0.503 e. The highest BCUT2D eigenvalue weighted by molar-refractivity contribution is 5.92. The summed E-state index contributed by atoms with van der Waals surface area (Å²) in [6, 6.07) is 11.6. The first-order chi connectivity index (χ1) is 18.9. The van der Waals surface area contributed by atoms with Crippen molar-refractivity contribution in [1.29, 1.82) is 0 Å². The van der Waals surface area contributed by atoms with Gasteiger partial charge in [-0.25, -0.2) is 18.7 Å². The number of pyridine rings is 1. The topological polar surface area (TPSA) is 98.0 Å². The van der Waals surface area contributed by atoms with E-state index in [0.717, 1.165) is 29.8 Å². The van der Waals surface area contributed by atoms with E-state index in [2.05, 4.69) is 25.4 Å². The summed E-state index contributed by atoms with van der Waals surface area (Å²) in [5.41, 5.74) is 3.39. The number of rotatable bonds is 8. The Kier molecular flexibility index (Phi) is 6.30. The molecule has 2 N–H and O–H groups in total. The van der Waals surface area contributed by atoms with Gasteiger partial charge in [0.2, 0.25) is 0 Å². The van der Waals surface area contributed by atoms with E-state index in [1.165, 1.54) is 23.0 Å². The van der Waals surface area contributed by atoms with Gasteiger partial charge in [-0.1, -0.05) is 18.2 Å². The van der Waals surface area contributed by atoms with E-state index < -0.39 is 11.6 Å². The van der Waals surface area contributed by atoms with E-state index in [1.807, 2.05) is 44.2 Å². The molecule has 5 aromatic rings. The predicted octanol–water partition coefficient (Wildman–Crippen LogP) is 6.07. The summed E-state index contributed by atoms with van der Waals surface area (Å²) in [6.07, 6.45) is 5.20. The number of nitrogens with one attached hydrogen (secondary N) is 1. The average molecular weight is 529 g/mol. The molecule has 0 amide bonds. The Hall–Kier alpha value is -4.60. The lowest BCUT2D eigenvalue weighted by atomic mass is 10.1. The van der Waals surface area contributed by atoms with Crippen LogP contribution in [-0.4, -0.2) is 36.4 Å². The van der Waals surface area contributed by atoms with E-state index in [0.29, 0.717) is 29.1 Å². The molecule has 0 bridgehead atoms. The second-order valence-electron chi connectivity index (χ2n) is 9.84. The van der Waals surface area contributed by atoms with Crippen molar-refractivity contribution in [3.63, 3.8) is 0 Å². The van der Waals surface area contributed by atoms with Crippen molar-refractivity contribution in [1.82, 2.24) is 24.7 Å². The van der Waals surface area contributed by atoms with Gasteiger partial charge in [0.15, 0.2) is 17.4 Å². The number of aromatic nitrogens is 5. The lowest BCUT2D eigenvalue weighted by Gasteiger charge is -2.11. The Morgan fingerprint density at radius 3 is 2.59 bits per heavy atom. The summed E-state index contributed by atoms with van der Waals surface area (Å²) in [6.45, 7) is 4.09. The molecule has 3 heterocycles. The molecule has 0 radical (unpaired) electrons. The van der Waals surface area contributed by atoms with E-state index in [9.17, 15) is 5.11 Å². The van der Waals surface area contributed by atoms with E-state index in [-0.39, 0.29) is 35.2 Å². The first kappa shape index (κ1) is 24.7. The monoisotopic (exact) mass is 528 g/mol. The van der Waals surface area contributed by atoms with Crippen LogP contribution >= 0.6 is 0 Å². The van der Waals surface area contributed by atoms with Crippen molar-refractivity contribution in [2.24, 2.45) is 5.92 Å². The lowest BCUT2D eigenvalue weighted by molar-refractivity contribution is 0.296. The van der Waals surface area contributed by atoms with Gasteiger partial charge in [-0.3, -0.25) is 9.67 Å². The summed E-state index contributed by atoms with van der Waals surface area (Å²) in [7, 11) is 0. The number of aryl methyl sites for hydroxylation is 2. The first-order valence-corrected chi connectivity index (χ1v) is 12.7. The number of benzene rings is 2. The molecular weight excluding hydrogens is 502 g/mol. The highest BCUT2D eigenvalue weighted by Gasteiger charge is 2.23. The van der Waals surface area contributed by atoms with Gasteiger partial charge < -0.3 is 15.2 Å². The fourth-order valence-electron chi connectivity index (χ4n) is 4.35. The van der Waals surface area contributed by atoms with Crippen LogP contribution in [0.15, 0.2) is 54.9 Å². The third-order valence-electron chi connectivity index (χ3n) is 6.74. The van der Waals surface area contributed by atoms with Crippen molar-refractivity contribution in [3.8, 4) is 23.0 Å². The zero-order chi connectivity index (χ0) is 27.1. The van der Waals surface area contributed by atoms with E-state index >= 15 is 8.78 Å². The van der Waals surface area contributed by atoms with Crippen molar-refractivity contribution in [2.75, 3.05) is 11.9 Å². The van der Waals surface area contributed by atoms with Crippen LogP contribution in [0.3, 0.4) is 0 Å². The lowest BCUT2D eigenvalue weighted by Crippen LogP contribution is -2.08. The summed E-state index contributed by atoms with van der Waals surface area (Å²) in [5.74, 6) is -0.423. The predicted molar refractivity (Wildman–Crippen MR) is 143 cm³/mol. The van der Waals surface area contributed by atoms with Gasteiger partial charge in [0.25, 0.3) is 0 Å². The normalized spacial score (nSPS) is 13.1. The third kappa shape index (κ3) is 5.09. The molecule has 0 spiro atoms. The molecule has 3 aromatic heterocycles. The summed E-state index contributed by atoms with van der Waals surface area (Å²) in [4.78, 5) is 13.1. The quantitative estimate of drug-likeness (QED) is 0.252. The number of hydrogen-bond acceptors (Lipinski definition) is 7. The zero-order valence-corrected chi connectivity index (χ0v) is 21.4. The number of para-hydroxylation sites is 1. The van der Waals surface area contributed by atoms with Crippen molar-refractivity contribution in [2.45, 2.75) is 33.2 Å². The van der Waals surface area contributed by atoms with Crippen LogP contribution in [0.1, 0.15) is 29.7 Å². The van der Waals surface area contributed by atoms with Crippen molar-refractivity contribution < 1.29 is 18.6 Å². The van der Waals surface area contributed by atoms with Crippen LogP contribution in [0.25, 0.3) is 22.4 Å². The smallest absolute Gasteiger partial charge is 0.183 e. The summed E-state index contributed by atoms with van der Waals surface area (Å²) < 4.78 is 37.1. The second-order valence-corrected chi connectivity index (χ2v) is 9.84. The Bertz CT molecular complexity index is 1680. The third-order valence-corrected chi connectivity index (χ3v) is 6.74. The minimum atomic E-state index is -0.697. The first-order valence-electron chi connectivity index (χ1n) is 12.7. The van der Waals surface area contributed by atoms with Crippen molar-refractivity contribution in [3.05, 3.63) is 83.3 Å². The molecular formula is C29H26F2N6O2. The number of halogens is 2. The largest absolute Gasteiger partial charge is 0.503 e. The van der Waals surface area contributed by atoms with Gasteiger partial charge in [-0.05, 0) is 50.3 Å². The number of anilines is 2. The fourth-order valence-corrected chi connectivity index (χ4v) is 4.35. The zero-order valence-electron chi connectivity index (χ0n) is 21.4. The van der Waals surface area contributed by atoms with Gasteiger partial charge >= 0.3 is 0 Å². The molecule has 0 aliphatic heterocycles. The average Bonchev–Trinajstić information content (AvgIpc) is 3.68. The number of nitrogens with zero attached hydrogens (tertiary/aromatic N) is 5. The molecule has 0 unspecified atom stereocenters. The molecule has 6 rings (SSSR count). The van der Waals surface area contributed by atoms with Gasteiger partial charge in [-0.2, -0.15) is 5.10 Å². The van der Waals surface area contributed by atoms with Crippen LogP contribution in [0.5, 0.6) is 11.5 Å². The number of ether oxygens (including phenoxy) is 1. The van der Waals surface area contributed by atoms with Gasteiger partial charge in [-0.15, -0.1) is 0 Å². The Balaban J connectivity index is 1.34. The van der Waals surface area contributed by atoms with Gasteiger partial charge in [0, 0.05) is 40.7 Å². The SMILES string of the molecule is Cc1cc(Nc2nc(-c3nn(Cc4c(F)cc(OCC5CC5)cc4F)c4ccccc34)ncc2O)c(C)cn1. The molecule has 1 aliphatic rings. The summed E-state index contributed by atoms with van der Waals surface area (Å²) >= 11 is 0. The molecule has 1 fully saturated rings. The molecule has 0 atom stereocenters. The molecule has 8 nitrogen and oxygen atoms in total. The van der Waals surface area contributed by atoms with Crippen LogP contribution in [0.4, 0.5) is 20.3 Å². The Morgan fingerprint density at radius 1 is 1.05 bits per heavy atom. The number of fused-ring (bicyclic) bond motifs is 1. The van der Waals surface area contributed by atoms with Crippen molar-refractivity contribution >= 4 is 22.4 Å². The molecule has 1 saturated carbocycles. The highest BCUT2D eigenvalue weighted by atomic mass is 19.1. The standard InChI is InChI=1S/C29H26F2N6O2/c1-16-12-32-17(2)9-24(16)34-28-26(38)13-33-29(35-28)27-20-5-3-4-6-25(20)37(36-27)14-21-22(30)10-19(11-23(21)31)39-15-18-7-8-18/h3-6,9-13,18,38H,7-8,14-15H2,1-2H3,(H,32,33,34,35). The molecule has 2 aromatic carbocycles. The Labute approximate surface area is 223 Å². The number of hydrogen-bond donors (Lipinski definition) is 2. The van der Waals surface area contributed by atoms with Crippen LogP contribution in [-0.2, 0) is 6.54 Å². The van der Waals surface area contributed by atoms with Crippen LogP contribution in [0.2, 0.25) is 0 Å². The molecule has 1 aliphatic carbocycles. The maximum atomic E-state index is 15.0. The maximum Gasteiger partial charge on any atom is 0.183 e. The fraction of sp³-hybridized carbons (Fsp3) is 0.241. The molecule has 198 valence electrons. The highest BCUT2D eigenvalue weighted by Crippen LogP contribution is 2.33. The van der Waals surface area contributed by atoms with Gasteiger partial charge in [0.05, 0.1) is 24.9 Å². The van der Waals surface area contributed by atoms with E-state index in [4.69, 9.17) is 4.74 Å².